The van der Waals surface area contributed by atoms with Crippen molar-refractivity contribution in [1.29, 1.82) is 0 Å². The first kappa shape index (κ1) is 15.9. The molecule has 1 aromatic heterocycles. The van der Waals surface area contributed by atoms with E-state index in [2.05, 4.69) is 0 Å². The largest absolute Gasteiger partial charge is 0.401 e. The minimum absolute atomic E-state index is 0.0771. The second-order valence-corrected chi connectivity index (χ2v) is 4.71. The number of halogens is 3. The lowest BCUT2D eigenvalue weighted by atomic mass is 10.2. The van der Waals surface area contributed by atoms with Crippen LogP contribution in [0, 0.1) is 0 Å². The number of nitrogens with one attached hydrogen (secondary N) is 1. The van der Waals surface area contributed by atoms with Crippen LogP contribution < -0.4 is 11.3 Å². The van der Waals surface area contributed by atoms with Gasteiger partial charge in [-0.15, -0.1) is 11.3 Å². The number of hydrogen-bond donors (Lipinski definition) is 3. The third-order valence-corrected chi connectivity index (χ3v) is 3.25. The molecule has 1 rings (SSSR count). The maximum absolute atomic E-state index is 12.4. The average Bonchev–Trinajstić information content (AvgIpc) is 2.74. The van der Waals surface area contributed by atoms with E-state index >= 15 is 0 Å². The Morgan fingerprint density at radius 1 is 1.53 bits per heavy atom. The van der Waals surface area contributed by atoms with Gasteiger partial charge in [0.2, 0.25) is 0 Å². The summed E-state index contributed by atoms with van der Waals surface area (Å²) in [5.41, 5.74) is 2.39. The molecule has 1 heterocycles. The summed E-state index contributed by atoms with van der Waals surface area (Å²) < 4.78 is 37.1. The van der Waals surface area contributed by atoms with Gasteiger partial charge in [-0.1, -0.05) is 0 Å². The van der Waals surface area contributed by atoms with Crippen LogP contribution in [0.4, 0.5) is 13.2 Å². The number of nitrogen functional groups attached to an aromatic ring is 1. The van der Waals surface area contributed by atoms with Crippen molar-refractivity contribution in [3.8, 4) is 0 Å². The van der Waals surface area contributed by atoms with Crippen molar-refractivity contribution in [2.75, 3.05) is 19.7 Å². The molecule has 19 heavy (non-hydrogen) atoms. The molecule has 5 nitrogen and oxygen atoms in total. The van der Waals surface area contributed by atoms with E-state index in [9.17, 15) is 18.0 Å². The van der Waals surface area contributed by atoms with E-state index in [1.54, 1.807) is 11.4 Å². The third-order valence-electron chi connectivity index (χ3n) is 2.30. The summed E-state index contributed by atoms with van der Waals surface area (Å²) in [5.74, 6) is 4.46. The molecule has 0 radical (unpaired) electrons. The molecule has 0 spiro atoms. The van der Waals surface area contributed by atoms with Crippen LogP contribution in [0.1, 0.15) is 15.2 Å². The highest BCUT2D eigenvalue weighted by molar-refractivity contribution is 7.12. The van der Waals surface area contributed by atoms with Gasteiger partial charge >= 0.3 is 6.18 Å². The minimum atomic E-state index is -4.36. The zero-order valence-electron chi connectivity index (χ0n) is 9.91. The molecule has 108 valence electrons. The lowest BCUT2D eigenvalue weighted by Gasteiger charge is -2.22. The van der Waals surface area contributed by atoms with Crippen LogP contribution in [0.15, 0.2) is 11.4 Å². The number of rotatable bonds is 6. The topological polar surface area (TPSA) is 78.6 Å². The summed E-state index contributed by atoms with van der Waals surface area (Å²) in [6.07, 6.45) is -4.36. The lowest BCUT2D eigenvalue weighted by molar-refractivity contribution is -0.147. The van der Waals surface area contributed by atoms with Gasteiger partial charge in [0.25, 0.3) is 5.91 Å². The number of aliphatic hydroxyl groups excluding tert-OH is 1. The second kappa shape index (κ2) is 6.85. The molecule has 9 heteroatoms. The van der Waals surface area contributed by atoms with Crippen LogP contribution in [-0.2, 0) is 6.54 Å². The summed E-state index contributed by atoms with van der Waals surface area (Å²) in [5, 5.41) is 10.4. The molecule has 0 aromatic carbocycles. The Morgan fingerprint density at radius 3 is 2.74 bits per heavy atom. The fourth-order valence-corrected chi connectivity index (χ4v) is 2.39. The van der Waals surface area contributed by atoms with Crippen molar-refractivity contribution in [3.05, 3.63) is 21.9 Å². The molecular formula is C10H14F3N3O2S. The first-order valence-electron chi connectivity index (χ1n) is 5.34. The van der Waals surface area contributed by atoms with Crippen LogP contribution in [0.25, 0.3) is 0 Å². The molecule has 0 aliphatic rings. The second-order valence-electron chi connectivity index (χ2n) is 3.80. The van der Waals surface area contributed by atoms with Crippen molar-refractivity contribution >= 4 is 17.2 Å². The van der Waals surface area contributed by atoms with Crippen molar-refractivity contribution in [1.82, 2.24) is 10.3 Å². The third kappa shape index (κ3) is 5.15. The Balaban J connectivity index is 2.79. The first-order chi connectivity index (χ1) is 8.87. The number of carbonyl (C=O) groups is 1. The fourth-order valence-electron chi connectivity index (χ4n) is 1.57. The predicted octanol–water partition coefficient (Wildman–Crippen LogP) is 0.708. The molecule has 1 amide bonds. The smallest absolute Gasteiger partial charge is 0.395 e. The molecule has 0 fully saturated rings. The number of aliphatic hydroxyl groups is 1. The van der Waals surface area contributed by atoms with Gasteiger partial charge in [0.05, 0.1) is 18.0 Å². The maximum atomic E-state index is 12.4. The SMILES string of the molecule is NNC(=O)c1sccc1CN(CCO)CC(F)(F)F. The number of hydrazine groups is 1. The number of hydrogen-bond acceptors (Lipinski definition) is 5. The molecule has 0 unspecified atom stereocenters. The average molecular weight is 297 g/mol. The Labute approximate surface area is 111 Å². The van der Waals surface area contributed by atoms with Crippen LogP contribution in [0.3, 0.4) is 0 Å². The van der Waals surface area contributed by atoms with Gasteiger partial charge in [-0.2, -0.15) is 13.2 Å². The van der Waals surface area contributed by atoms with Crippen LogP contribution >= 0.6 is 11.3 Å². The van der Waals surface area contributed by atoms with Crippen molar-refractivity contribution in [3.63, 3.8) is 0 Å². The Hall–Kier alpha value is -1.16. The van der Waals surface area contributed by atoms with E-state index in [0.29, 0.717) is 5.56 Å². The summed E-state index contributed by atoms with van der Waals surface area (Å²) in [7, 11) is 0. The highest BCUT2D eigenvalue weighted by Crippen LogP contribution is 2.21. The van der Waals surface area contributed by atoms with Crippen LogP contribution in [0.2, 0.25) is 0 Å². The van der Waals surface area contributed by atoms with Crippen molar-refractivity contribution in [2.24, 2.45) is 5.84 Å². The molecule has 1 aromatic rings. The summed E-state index contributed by atoms with van der Waals surface area (Å²) in [6, 6.07) is 1.57. The van der Waals surface area contributed by atoms with E-state index in [4.69, 9.17) is 10.9 Å². The Bertz CT molecular complexity index is 422. The van der Waals surface area contributed by atoms with Gasteiger partial charge in [0.15, 0.2) is 0 Å². The first-order valence-corrected chi connectivity index (χ1v) is 6.22. The number of thiophene rings is 1. The monoisotopic (exact) mass is 297 g/mol. The zero-order valence-corrected chi connectivity index (χ0v) is 10.7. The molecule has 0 saturated heterocycles. The number of amides is 1. The standard InChI is InChI=1S/C10H14F3N3O2S/c11-10(12,13)6-16(2-3-17)5-7-1-4-19-8(7)9(18)15-14/h1,4,17H,2-3,5-6,14H2,(H,15,18). The van der Waals surface area contributed by atoms with E-state index in [-0.39, 0.29) is 18.0 Å². The predicted molar refractivity (Wildman–Crippen MR) is 64.4 cm³/mol. The van der Waals surface area contributed by atoms with Gasteiger partial charge < -0.3 is 5.11 Å². The van der Waals surface area contributed by atoms with Crippen molar-refractivity contribution in [2.45, 2.75) is 12.7 Å². The molecular weight excluding hydrogens is 283 g/mol. The van der Waals surface area contributed by atoms with Crippen LogP contribution in [-0.4, -0.2) is 41.8 Å². The van der Waals surface area contributed by atoms with Gasteiger partial charge in [-0.3, -0.25) is 15.1 Å². The lowest BCUT2D eigenvalue weighted by Crippen LogP contribution is -2.36. The summed E-state index contributed by atoms with van der Waals surface area (Å²) in [4.78, 5) is 12.7. The number of carbonyl (C=O) groups excluding carboxylic acids is 1. The number of nitrogens with zero attached hydrogens (tertiary/aromatic N) is 1. The molecule has 4 N–H and O–H groups in total. The molecule has 0 aliphatic carbocycles. The number of nitrogens with two attached hydrogens (primary N) is 1. The van der Waals surface area contributed by atoms with E-state index in [1.807, 2.05) is 5.43 Å². The Morgan fingerprint density at radius 2 is 2.21 bits per heavy atom. The normalized spacial score (nSPS) is 11.9. The van der Waals surface area contributed by atoms with E-state index < -0.39 is 25.2 Å². The van der Waals surface area contributed by atoms with E-state index in [0.717, 1.165) is 16.2 Å². The molecule has 0 aliphatic heterocycles. The number of alkyl halides is 3. The van der Waals surface area contributed by atoms with Gasteiger partial charge in [-0.25, -0.2) is 5.84 Å². The fraction of sp³-hybridized carbons (Fsp3) is 0.500. The minimum Gasteiger partial charge on any atom is -0.395 e. The van der Waals surface area contributed by atoms with Crippen molar-refractivity contribution < 1.29 is 23.1 Å². The quantitative estimate of drug-likeness (QED) is 0.410. The van der Waals surface area contributed by atoms with Crippen LogP contribution in [0.5, 0.6) is 0 Å². The molecule has 0 atom stereocenters. The summed E-state index contributed by atoms with van der Waals surface area (Å²) >= 11 is 1.10. The Kier molecular flexibility index (Phi) is 5.73. The molecule has 0 bridgehead atoms. The maximum Gasteiger partial charge on any atom is 0.401 e. The highest BCUT2D eigenvalue weighted by Gasteiger charge is 2.31. The summed E-state index contributed by atoms with van der Waals surface area (Å²) in [6.45, 7) is -1.74. The van der Waals surface area contributed by atoms with Gasteiger partial charge in [-0.05, 0) is 17.0 Å². The van der Waals surface area contributed by atoms with Gasteiger partial charge in [0.1, 0.15) is 0 Å². The zero-order chi connectivity index (χ0) is 14.5. The van der Waals surface area contributed by atoms with E-state index in [1.165, 1.54) is 0 Å². The highest BCUT2D eigenvalue weighted by atomic mass is 32.1. The van der Waals surface area contributed by atoms with Gasteiger partial charge in [0, 0.05) is 13.1 Å². The molecule has 0 saturated carbocycles.